The number of rotatable bonds is 6. The summed E-state index contributed by atoms with van der Waals surface area (Å²) in [6.07, 6.45) is 2.72. The minimum absolute atomic E-state index is 0.174. The zero-order valence-electron chi connectivity index (χ0n) is 13.9. The summed E-state index contributed by atoms with van der Waals surface area (Å²) >= 11 is 0. The minimum atomic E-state index is -0.538. The van der Waals surface area contributed by atoms with Gasteiger partial charge < -0.3 is 13.9 Å². The molecule has 1 aromatic heterocycles. The van der Waals surface area contributed by atoms with E-state index in [0.29, 0.717) is 40.4 Å². The van der Waals surface area contributed by atoms with Crippen molar-refractivity contribution in [1.82, 2.24) is 0 Å². The highest BCUT2D eigenvalue weighted by molar-refractivity contribution is 5.83. The van der Waals surface area contributed by atoms with Crippen molar-refractivity contribution >= 4 is 16.9 Å². The van der Waals surface area contributed by atoms with Crippen LogP contribution in [-0.2, 0) is 4.79 Å². The zero-order chi connectivity index (χ0) is 18.5. The van der Waals surface area contributed by atoms with Crippen LogP contribution in [0.3, 0.4) is 0 Å². The molecule has 0 saturated heterocycles. The Bertz CT molecular complexity index is 1030. The Morgan fingerprint density at radius 3 is 2.46 bits per heavy atom. The Hall–Kier alpha value is -3.60. The molecule has 0 amide bonds. The normalized spacial score (nSPS) is 10.3. The van der Waals surface area contributed by atoms with E-state index in [1.807, 2.05) is 0 Å². The third-order valence-electron chi connectivity index (χ3n) is 3.59. The monoisotopic (exact) mass is 348 g/mol. The fourth-order valence-corrected chi connectivity index (χ4v) is 2.37. The van der Waals surface area contributed by atoms with Crippen molar-refractivity contribution in [2.45, 2.75) is 0 Å². The molecule has 3 aromatic rings. The maximum atomic E-state index is 12.4. The predicted molar refractivity (Wildman–Crippen MR) is 99.4 cm³/mol. The molecule has 0 bridgehead atoms. The van der Waals surface area contributed by atoms with E-state index in [0.717, 1.165) is 6.08 Å². The summed E-state index contributed by atoms with van der Waals surface area (Å²) in [6, 6.07) is 13.1. The van der Waals surface area contributed by atoms with Crippen molar-refractivity contribution in [2.24, 2.45) is 0 Å². The van der Waals surface area contributed by atoms with Crippen LogP contribution in [0.4, 0.5) is 0 Å². The van der Waals surface area contributed by atoms with E-state index in [4.69, 9.17) is 13.9 Å². The van der Waals surface area contributed by atoms with Crippen LogP contribution in [-0.4, -0.2) is 12.6 Å². The fourth-order valence-electron chi connectivity index (χ4n) is 2.37. The molecule has 0 radical (unpaired) electrons. The highest BCUT2D eigenvalue weighted by atomic mass is 16.5. The molecule has 0 spiro atoms. The molecule has 3 rings (SSSR count). The highest BCUT2D eigenvalue weighted by Gasteiger charge is 2.09. The second-order valence-electron chi connectivity index (χ2n) is 5.38. The van der Waals surface area contributed by atoms with E-state index in [9.17, 15) is 9.59 Å². The molecule has 26 heavy (non-hydrogen) atoms. The van der Waals surface area contributed by atoms with Gasteiger partial charge in [-0.3, -0.25) is 4.79 Å². The van der Waals surface area contributed by atoms with E-state index >= 15 is 0 Å². The van der Waals surface area contributed by atoms with Crippen molar-refractivity contribution in [1.29, 1.82) is 0 Å². The smallest absolute Gasteiger partial charge is 0.335 e. The number of hydrogen-bond acceptors (Lipinski definition) is 5. The molecule has 0 N–H and O–H groups in total. The Balaban J connectivity index is 1.93. The van der Waals surface area contributed by atoms with Crippen LogP contribution in [0.5, 0.6) is 11.5 Å². The third kappa shape index (κ3) is 3.72. The van der Waals surface area contributed by atoms with Crippen LogP contribution in [0, 0.1) is 0 Å². The van der Waals surface area contributed by atoms with Crippen LogP contribution in [0.25, 0.3) is 22.3 Å². The van der Waals surface area contributed by atoms with E-state index < -0.39 is 5.97 Å². The second kappa shape index (κ2) is 7.53. The first-order valence-electron chi connectivity index (χ1n) is 7.87. The summed E-state index contributed by atoms with van der Waals surface area (Å²) in [5, 5.41) is 0.437. The van der Waals surface area contributed by atoms with Gasteiger partial charge in [0.2, 0.25) is 0 Å². The van der Waals surface area contributed by atoms with Gasteiger partial charge in [-0.1, -0.05) is 19.2 Å². The maximum absolute atomic E-state index is 12.4. The van der Waals surface area contributed by atoms with Crippen molar-refractivity contribution < 1.29 is 18.7 Å². The number of fused-ring (bicyclic) bond motifs is 1. The zero-order valence-corrected chi connectivity index (χ0v) is 13.9. The first kappa shape index (κ1) is 17.2. The lowest BCUT2D eigenvalue weighted by Crippen LogP contribution is -2.03. The summed E-state index contributed by atoms with van der Waals surface area (Å²) in [7, 11) is 0. The summed E-state index contributed by atoms with van der Waals surface area (Å²) in [5.41, 5.74) is 0.975. The quantitative estimate of drug-likeness (QED) is 0.290. The lowest BCUT2D eigenvalue weighted by Gasteiger charge is -2.07. The Kier molecular flexibility index (Phi) is 4.99. The number of esters is 1. The lowest BCUT2D eigenvalue weighted by atomic mass is 10.1. The summed E-state index contributed by atoms with van der Waals surface area (Å²) < 4.78 is 16.3. The second-order valence-corrected chi connectivity index (χ2v) is 5.38. The van der Waals surface area contributed by atoms with E-state index in [1.165, 1.54) is 6.07 Å². The molecule has 0 saturated carbocycles. The van der Waals surface area contributed by atoms with Gasteiger partial charge in [-0.25, -0.2) is 4.79 Å². The topological polar surface area (TPSA) is 65.7 Å². The molecule has 0 fully saturated rings. The molecule has 0 unspecified atom stereocenters. The molecule has 130 valence electrons. The van der Waals surface area contributed by atoms with Gasteiger partial charge in [-0.2, -0.15) is 0 Å². The van der Waals surface area contributed by atoms with Crippen molar-refractivity contribution in [3.05, 3.63) is 84.1 Å². The van der Waals surface area contributed by atoms with Gasteiger partial charge in [0.25, 0.3) is 0 Å². The summed E-state index contributed by atoms with van der Waals surface area (Å²) in [5.74, 6) is 0.838. The molecule has 0 atom stereocenters. The molecule has 0 aliphatic carbocycles. The number of carbonyl (C=O) groups excluding carboxylic acids is 1. The van der Waals surface area contributed by atoms with Gasteiger partial charge in [0.05, 0.1) is 5.39 Å². The lowest BCUT2D eigenvalue weighted by molar-refractivity contribution is -0.128. The SMILES string of the molecule is C=CCOc1ccc2oc(-c3ccc(OC(=O)C=C)cc3)cc(=O)c2c1. The molecular formula is C21H16O5. The Morgan fingerprint density at radius 1 is 1.04 bits per heavy atom. The van der Waals surface area contributed by atoms with Crippen molar-refractivity contribution in [3.63, 3.8) is 0 Å². The number of hydrogen-bond donors (Lipinski definition) is 0. The maximum Gasteiger partial charge on any atom is 0.335 e. The van der Waals surface area contributed by atoms with Gasteiger partial charge in [0.15, 0.2) is 5.43 Å². The average Bonchev–Trinajstić information content (AvgIpc) is 2.67. The van der Waals surface area contributed by atoms with Crippen LogP contribution >= 0.6 is 0 Å². The van der Waals surface area contributed by atoms with Gasteiger partial charge in [-0.15, -0.1) is 0 Å². The molecule has 5 heteroatoms. The molecule has 0 aliphatic heterocycles. The molecular weight excluding hydrogens is 332 g/mol. The fraction of sp³-hybridized carbons (Fsp3) is 0.0476. The van der Waals surface area contributed by atoms with Gasteiger partial charge >= 0.3 is 5.97 Å². The standard InChI is InChI=1S/C21H16O5/c1-3-11-24-16-9-10-19-17(12-16)18(22)13-20(26-19)14-5-7-15(8-6-14)25-21(23)4-2/h3-10,12-13H,1-2,11H2. The van der Waals surface area contributed by atoms with E-state index in [2.05, 4.69) is 13.2 Å². The Morgan fingerprint density at radius 2 is 1.77 bits per heavy atom. The van der Waals surface area contributed by atoms with Crippen LogP contribution in [0.15, 0.2) is 83.1 Å². The largest absolute Gasteiger partial charge is 0.490 e. The Labute approximate surface area is 149 Å². The first-order chi connectivity index (χ1) is 12.6. The first-order valence-corrected chi connectivity index (χ1v) is 7.87. The van der Waals surface area contributed by atoms with Gasteiger partial charge in [-0.05, 0) is 42.5 Å². The number of benzene rings is 2. The van der Waals surface area contributed by atoms with Gasteiger partial charge in [0, 0.05) is 17.7 Å². The average molecular weight is 348 g/mol. The van der Waals surface area contributed by atoms with Crippen LogP contribution in [0.1, 0.15) is 0 Å². The van der Waals surface area contributed by atoms with Crippen LogP contribution in [0.2, 0.25) is 0 Å². The number of carbonyl (C=O) groups is 1. The van der Waals surface area contributed by atoms with E-state index in [1.54, 1.807) is 48.5 Å². The van der Waals surface area contributed by atoms with Crippen LogP contribution < -0.4 is 14.9 Å². The summed E-state index contributed by atoms with van der Waals surface area (Å²) in [6.45, 7) is 7.29. The van der Waals surface area contributed by atoms with Crippen molar-refractivity contribution in [3.8, 4) is 22.8 Å². The minimum Gasteiger partial charge on any atom is -0.490 e. The molecule has 0 aliphatic rings. The summed E-state index contributed by atoms with van der Waals surface area (Å²) in [4.78, 5) is 23.6. The number of ether oxygens (including phenoxy) is 2. The van der Waals surface area contributed by atoms with Gasteiger partial charge in [0.1, 0.15) is 29.4 Å². The molecule has 2 aromatic carbocycles. The highest BCUT2D eigenvalue weighted by Crippen LogP contribution is 2.26. The van der Waals surface area contributed by atoms with Crippen molar-refractivity contribution in [2.75, 3.05) is 6.61 Å². The third-order valence-corrected chi connectivity index (χ3v) is 3.59. The predicted octanol–water partition coefficient (Wildman–Crippen LogP) is 4.12. The molecule has 5 nitrogen and oxygen atoms in total. The molecule has 1 heterocycles. The van der Waals surface area contributed by atoms with E-state index in [-0.39, 0.29) is 5.43 Å².